The second-order valence-corrected chi connectivity index (χ2v) is 2.48. The van der Waals surface area contributed by atoms with Crippen molar-refractivity contribution in [3.05, 3.63) is 24.2 Å². The molecule has 0 saturated heterocycles. The average molecular weight is 176 g/mol. The van der Waals surface area contributed by atoms with Crippen molar-refractivity contribution in [1.82, 2.24) is 5.43 Å². The molecule has 0 fully saturated rings. The highest BCUT2D eigenvalue weighted by molar-refractivity contribution is 5.06. The summed E-state index contributed by atoms with van der Waals surface area (Å²) < 4.78 is 24.3. The Hall–Kier alpha value is -0.900. The van der Waals surface area contributed by atoms with Gasteiger partial charge in [-0.2, -0.15) is 0 Å². The van der Waals surface area contributed by atoms with Crippen LogP contribution in [0.1, 0.15) is 19.3 Å². The minimum absolute atomic E-state index is 0.129. The zero-order valence-corrected chi connectivity index (χ0v) is 6.95. The van der Waals surface area contributed by atoms with E-state index in [9.17, 15) is 8.78 Å². The summed E-state index contributed by atoms with van der Waals surface area (Å²) in [4.78, 5) is 0. The molecule has 0 amide bonds. The third kappa shape index (κ3) is 5.85. The number of nitrogens with two attached hydrogens (primary N) is 1. The fourth-order valence-electron chi connectivity index (χ4n) is 0.785. The van der Waals surface area contributed by atoms with Crippen molar-refractivity contribution >= 4 is 0 Å². The molecule has 2 nitrogen and oxygen atoms in total. The molecule has 0 rings (SSSR count). The zero-order chi connectivity index (χ0) is 9.40. The Morgan fingerprint density at radius 3 is 2.75 bits per heavy atom. The van der Waals surface area contributed by atoms with Crippen LogP contribution in [0.5, 0.6) is 0 Å². The number of hydrogen-bond acceptors (Lipinski definition) is 2. The van der Waals surface area contributed by atoms with Crippen LogP contribution in [0, 0.1) is 0 Å². The Morgan fingerprint density at radius 2 is 2.25 bits per heavy atom. The molecule has 12 heavy (non-hydrogen) atoms. The van der Waals surface area contributed by atoms with Crippen LogP contribution < -0.4 is 11.3 Å². The molecule has 0 bridgehead atoms. The van der Waals surface area contributed by atoms with Crippen molar-refractivity contribution in [2.75, 3.05) is 6.67 Å². The largest absolute Gasteiger partial charge is 0.329 e. The monoisotopic (exact) mass is 176 g/mol. The number of halogens is 2. The molecule has 4 heteroatoms. The Morgan fingerprint density at radius 1 is 1.58 bits per heavy atom. The molecular formula is C8H14F2N2. The Bertz CT molecular complexity index is 166. The fourth-order valence-corrected chi connectivity index (χ4v) is 0.785. The molecule has 0 radical (unpaired) electrons. The lowest BCUT2D eigenvalue weighted by atomic mass is 10.1. The molecular weight excluding hydrogens is 162 g/mol. The van der Waals surface area contributed by atoms with Crippen molar-refractivity contribution < 1.29 is 8.78 Å². The molecule has 0 atom stereocenters. The predicted octanol–water partition coefficient (Wildman–Crippen LogP) is 1.96. The summed E-state index contributed by atoms with van der Waals surface area (Å²) in [5.41, 5.74) is 2.75. The van der Waals surface area contributed by atoms with E-state index in [1.165, 1.54) is 0 Å². The summed E-state index contributed by atoms with van der Waals surface area (Å²) in [7, 11) is 0. The molecule has 0 aliphatic heterocycles. The van der Waals surface area contributed by atoms with Crippen molar-refractivity contribution in [3.8, 4) is 0 Å². The van der Waals surface area contributed by atoms with Gasteiger partial charge in [0.05, 0.1) is 6.67 Å². The quantitative estimate of drug-likeness (QED) is 0.369. The molecule has 70 valence electrons. The number of alkyl halides is 1. The Balaban J connectivity index is 3.61. The number of hydrogen-bond donors (Lipinski definition) is 2. The van der Waals surface area contributed by atoms with Gasteiger partial charge in [-0.3, -0.25) is 10.2 Å². The SMILES string of the molecule is C=C(CCCF)C/C(F)=C/NN. The average Bonchev–Trinajstić information content (AvgIpc) is 2.01. The van der Waals surface area contributed by atoms with E-state index in [4.69, 9.17) is 5.84 Å². The van der Waals surface area contributed by atoms with Gasteiger partial charge in [0, 0.05) is 12.6 Å². The van der Waals surface area contributed by atoms with Gasteiger partial charge in [-0.1, -0.05) is 12.2 Å². The van der Waals surface area contributed by atoms with Crippen LogP contribution in [0.4, 0.5) is 8.78 Å². The summed E-state index contributed by atoms with van der Waals surface area (Å²) in [6.07, 6.45) is 2.11. The first kappa shape index (κ1) is 11.1. The number of rotatable bonds is 6. The number of allylic oxidation sites excluding steroid dienone is 2. The Kier molecular flexibility index (Phi) is 6.28. The van der Waals surface area contributed by atoms with Crippen LogP contribution in [-0.2, 0) is 0 Å². The molecule has 0 unspecified atom stereocenters. The summed E-state index contributed by atoms with van der Waals surface area (Å²) >= 11 is 0. The lowest BCUT2D eigenvalue weighted by Crippen LogP contribution is -2.13. The van der Waals surface area contributed by atoms with Gasteiger partial charge in [-0.25, -0.2) is 4.39 Å². The number of nitrogens with one attached hydrogen (secondary N) is 1. The van der Waals surface area contributed by atoms with Gasteiger partial charge in [0.25, 0.3) is 0 Å². The van der Waals surface area contributed by atoms with E-state index in [2.05, 4.69) is 12.0 Å². The third-order valence-corrected chi connectivity index (χ3v) is 1.32. The molecule has 0 aliphatic rings. The van der Waals surface area contributed by atoms with Gasteiger partial charge in [0.2, 0.25) is 0 Å². The van der Waals surface area contributed by atoms with Gasteiger partial charge in [0.15, 0.2) is 0 Å². The van der Waals surface area contributed by atoms with E-state index >= 15 is 0 Å². The lowest BCUT2D eigenvalue weighted by molar-refractivity contribution is 0.469. The number of hydrazine groups is 1. The van der Waals surface area contributed by atoms with Gasteiger partial charge in [-0.15, -0.1) is 0 Å². The molecule has 0 aromatic carbocycles. The molecule has 0 aromatic heterocycles. The van der Waals surface area contributed by atoms with E-state index < -0.39 is 0 Å². The van der Waals surface area contributed by atoms with Crippen LogP contribution in [0.3, 0.4) is 0 Å². The maximum Gasteiger partial charge on any atom is 0.121 e. The normalized spacial score (nSPS) is 11.4. The highest BCUT2D eigenvalue weighted by Gasteiger charge is 1.98. The highest BCUT2D eigenvalue weighted by Crippen LogP contribution is 2.14. The second-order valence-electron chi connectivity index (χ2n) is 2.48. The van der Waals surface area contributed by atoms with E-state index in [0.29, 0.717) is 18.4 Å². The molecule has 0 spiro atoms. The first-order chi connectivity index (χ1) is 5.70. The first-order valence-corrected chi connectivity index (χ1v) is 3.74. The van der Waals surface area contributed by atoms with Crippen LogP contribution in [0.25, 0.3) is 0 Å². The van der Waals surface area contributed by atoms with Crippen LogP contribution >= 0.6 is 0 Å². The summed E-state index contributed by atoms with van der Waals surface area (Å²) in [6, 6.07) is 0. The smallest absolute Gasteiger partial charge is 0.121 e. The molecule has 0 saturated carbocycles. The minimum atomic E-state index is -0.389. The predicted molar refractivity (Wildman–Crippen MR) is 45.5 cm³/mol. The van der Waals surface area contributed by atoms with E-state index in [0.717, 1.165) is 6.20 Å². The van der Waals surface area contributed by atoms with Crippen molar-refractivity contribution in [1.29, 1.82) is 0 Å². The summed E-state index contributed by atoms with van der Waals surface area (Å²) in [5, 5.41) is 0. The van der Waals surface area contributed by atoms with Crippen molar-refractivity contribution in [2.24, 2.45) is 5.84 Å². The fraction of sp³-hybridized carbons (Fsp3) is 0.500. The van der Waals surface area contributed by atoms with Crippen molar-refractivity contribution in [2.45, 2.75) is 19.3 Å². The van der Waals surface area contributed by atoms with Crippen LogP contribution in [-0.4, -0.2) is 6.67 Å². The van der Waals surface area contributed by atoms with Gasteiger partial charge in [0.1, 0.15) is 5.83 Å². The molecule has 0 heterocycles. The zero-order valence-electron chi connectivity index (χ0n) is 6.95. The highest BCUT2D eigenvalue weighted by atomic mass is 19.1. The molecule has 0 aromatic rings. The maximum atomic E-state index is 12.6. The summed E-state index contributed by atoms with van der Waals surface area (Å²) in [6.45, 7) is 3.21. The maximum absolute atomic E-state index is 12.6. The summed E-state index contributed by atoms with van der Waals surface area (Å²) in [5.74, 6) is 4.46. The van der Waals surface area contributed by atoms with Gasteiger partial charge in [-0.05, 0) is 12.8 Å². The van der Waals surface area contributed by atoms with Crippen LogP contribution in [0.2, 0.25) is 0 Å². The van der Waals surface area contributed by atoms with Crippen LogP contribution in [0.15, 0.2) is 24.2 Å². The molecule has 0 aliphatic carbocycles. The molecule has 3 N–H and O–H groups in total. The van der Waals surface area contributed by atoms with E-state index in [1.54, 1.807) is 0 Å². The topological polar surface area (TPSA) is 38.0 Å². The third-order valence-electron chi connectivity index (χ3n) is 1.32. The van der Waals surface area contributed by atoms with Crippen molar-refractivity contribution in [3.63, 3.8) is 0 Å². The Labute approximate surface area is 71.1 Å². The lowest BCUT2D eigenvalue weighted by Gasteiger charge is -2.01. The minimum Gasteiger partial charge on any atom is -0.329 e. The van der Waals surface area contributed by atoms with E-state index in [1.807, 2.05) is 0 Å². The van der Waals surface area contributed by atoms with Gasteiger partial charge < -0.3 is 5.43 Å². The standard InChI is InChI=1S/C8H14F2N2/c1-7(3-2-4-9)5-8(10)6-12-11/h6,12H,1-5,11H2/b8-6-. The second kappa shape index (κ2) is 6.79. The van der Waals surface area contributed by atoms with Gasteiger partial charge >= 0.3 is 0 Å². The first-order valence-electron chi connectivity index (χ1n) is 3.74. The van der Waals surface area contributed by atoms with E-state index in [-0.39, 0.29) is 18.9 Å².